The van der Waals surface area contributed by atoms with E-state index in [2.05, 4.69) is 4.98 Å². The van der Waals surface area contributed by atoms with Crippen molar-refractivity contribution in [3.8, 4) is 5.75 Å². The second-order valence-electron chi connectivity index (χ2n) is 7.19. The van der Waals surface area contributed by atoms with Crippen LogP contribution in [0.5, 0.6) is 5.75 Å². The van der Waals surface area contributed by atoms with E-state index in [1.165, 1.54) is 17.4 Å². The number of thiazole rings is 1. The van der Waals surface area contributed by atoms with Crippen molar-refractivity contribution >= 4 is 42.4 Å². The third-order valence-electron chi connectivity index (χ3n) is 4.57. The average molecular weight is 448 g/mol. The second kappa shape index (κ2) is 9.11. The van der Waals surface area contributed by atoms with Crippen molar-refractivity contribution in [1.29, 1.82) is 0 Å². The van der Waals surface area contributed by atoms with Crippen LogP contribution < -0.4 is 9.64 Å². The number of benzene rings is 2. The van der Waals surface area contributed by atoms with Crippen LogP contribution in [0.3, 0.4) is 0 Å². The van der Waals surface area contributed by atoms with Crippen molar-refractivity contribution in [1.82, 2.24) is 9.88 Å². The summed E-state index contributed by atoms with van der Waals surface area (Å²) in [6.07, 6.45) is 1.82. The van der Waals surface area contributed by atoms with Gasteiger partial charge in [-0.05, 0) is 51.3 Å². The van der Waals surface area contributed by atoms with Gasteiger partial charge in [-0.15, -0.1) is 0 Å². The van der Waals surface area contributed by atoms with Gasteiger partial charge in [0.15, 0.2) is 15.0 Å². The van der Waals surface area contributed by atoms with Gasteiger partial charge < -0.3 is 9.64 Å². The van der Waals surface area contributed by atoms with Crippen molar-refractivity contribution in [2.45, 2.75) is 11.3 Å². The zero-order valence-corrected chi connectivity index (χ0v) is 19.1. The molecule has 0 unspecified atom stereocenters. The lowest BCUT2D eigenvalue weighted by molar-refractivity contribution is 0.0983. The van der Waals surface area contributed by atoms with Gasteiger partial charge in [0, 0.05) is 12.8 Å². The third kappa shape index (κ3) is 4.80. The average Bonchev–Trinajstić information content (AvgIpc) is 3.13. The summed E-state index contributed by atoms with van der Waals surface area (Å²) in [6.45, 7) is 1.20. The van der Waals surface area contributed by atoms with E-state index in [1.54, 1.807) is 30.2 Å². The standard InChI is InChI=1S/C21H25N3O4S2/c1-23(2)13-8-14-24(20(25)15-9-5-6-12-18(15)30(4,26)27)21-22-19-16(28-3)10-7-11-17(19)29-21/h5-7,9-12H,8,13-14H2,1-4H3. The molecule has 2 aromatic carbocycles. The minimum atomic E-state index is -3.56. The number of ether oxygens (including phenoxy) is 1. The molecule has 0 bridgehead atoms. The molecule has 3 rings (SSSR count). The van der Waals surface area contributed by atoms with Gasteiger partial charge in [-0.2, -0.15) is 0 Å². The van der Waals surface area contributed by atoms with E-state index in [0.29, 0.717) is 29.4 Å². The van der Waals surface area contributed by atoms with Gasteiger partial charge in [-0.3, -0.25) is 9.69 Å². The Labute approximate surface area is 180 Å². The van der Waals surface area contributed by atoms with Gasteiger partial charge in [0.2, 0.25) is 0 Å². The Morgan fingerprint density at radius 3 is 2.50 bits per heavy atom. The molecular formula is C21H25N3O4S2. The molecule has 0 spiro atoms. The lowest BCUT2D eigenvalue weighted by atomic mass is 10.2. The van der Waals surface area contributed by atoms with Crippen molar-refractivity contribution in [3.05, 3.63) is 48.0 Å². The highest BCUT2D eigenvalue weighted by Gasteiger charge is 2.26. The van der Waals surface area contributed by atoms with E-state index in [4.69, 9.17) is 4.74 Å². The second-order valence-corrected chi connectivity index (χ2v) is 10.2. The van der Waals surface area contributed by atoms with Crippen LogP contribution in [-0.4, -0.2) is 64.8 Å². The summed E-state index contributed by atoms with van der Waals surface area (Å²) < 4.78 is 30.8. The number of carbonyl (C=O) groups is 1. The number of aromatic nitrogens is 1. The number of hydrogen-bond acceptors (Lipinski definition) is 7. The van der Waals surface area contributed by atoms with Crippen LogP contribution in [0.25, 0.3) is 10.2 Å². The van der Waals surface area contributed by atoms with Crippen molar-refractivity contribution in [2.75, 3.05) is 45.5 Å². The molecule has 0 atom stereocenters. The molecule has 160 valence electrons. The lowest BCUT2D eigenvalue weighted by Crippen LogP contribution is -2.34. The number of methoxy groups -OCH3 is 1. The molecule has 0 N–H and O–H groups in total. The molecule has 9 heteroatoms. The third-order valence-corrected chi connectivity index (χ3v) is 6.77. The van der Waals surface area contributed by atoms with Gasteiger partial charge >= 0.3 is 0 Å². The molecule has 30 heavy (non-hydrogen) atoms. The van der Waals surface area contributed by atoms with E-state index < -0.39 is 9.84 Å². The fraction of sp³-hybridized carbons (Fsp3) is 0.333. The number of carbonyl (C=O) groups excluding carboxylic acids is 1. The maximum atomic E-state index is 13.5. The van der Waals surface area contributed by atoms with Crippen LogP contribution >= 0.6 is 11.3 Å². The van der Waals surface area contributed by atoms with E-state index in [0.717, 1.165) is 17.5 Å². The Morgan fingerprint density at radius 1 is 1.10 bits per heavy atom. The number of nitrogens with zero attached hydrogens (tertiary/aromatic N) is 3. The SMILES string of the molecule is COc1cccc2sc(N(CCCN(C)C)C(=O)c3ccccc3S(C)(=O)=O)nc12. The summed E-state index contributed by atoms with van der Waals surface area (Å²) in [5.41, 5.74) is 0.831. The molecule has 1 aromatic heterocycles. The number of amides is 1. The van der Waals surface area contributed by atoms with Gasteiger partial charge in [0.25, 0.3) is 5.91 Å². The minimum absolute atomic E-state index is 0.0197. The highest BCUT2D eigenvalue weighted by Crippen LogP contribution is 2.35. The Balaban J connectivity index is 2.07. The number of anilines is 1. The lowest BCUT2D eigenvalue weighted by Gasteiger charge is -2.22. The molecule has 7 nitrogen and oxygen atoms in total. The molecule has 1 amide bonds. The smallest absolute Gasteiger partial charge is 0.261 e. The predicted molar refractivity (Wildman–Crippen MR) is 121 cm³/mol. The van der Waals surface area contributed by atoms with Crippen LogP contribution in [-0.2, 0) is 9.84 Å². The summed E-state index contributed by atoms with van der Waals surface area (Å²) in [7, 11) is 1.96. The van der Waals surface area contributed by atoms with Crippen LogP contribution in [0.15, 0.2) is 47.4 Å². The summed E-state index contributed by atoms with van der Waals surface area (Å²) in [6, 6.07) is 11.9. The highest BCUT2D eigenvalue weighted by molar-refractivity contribution is 7.90. The summed E-state index contributed by atoms with van der Waals surface area (Å²) in [5, 5.41) is 0.515. The maximum Gasteiger partial charge on any atom is 0.261 e. The molecule has 0 saturated carbocycles. The Kier molecular flexibility index (Phi) is 6.74. The molecule has 0 saturated heterocycles. The molecule has 3 aromatic rings. The summed E-state index contributed by atoms with van der Waals surface area (Å²) in [4.78, 5) is 21.8. The first kappa shape index (κ1) is 22.2. The Hall–Kier alpha value is -2.49. The molecule has 0 aliphatic heterocycles. The number of rotatable bonds is 8. The van der Waals surface area contributed by atoms with E-state index >= 15 is 0 Å². The first-order valence-electron chi connectivity index (χ1n) is 9.41. The zero-order chi connectivity index (χ0) is 21.9. The van der Waals surface area contributed by atoms with Crippen LogP contribution in [0, 0.1) is 0 Å². The fourth-order valence-electron chi connectivity index (χ4n) is 3.13. The van der Waals surface area contributed by atoms with Gasteiger partial charge in [0.05, 0.1) is 22.3 Å². The van der Waals surface area contributed by atoms with Crippen molar-refractivity contribution in [3.63, 3.8) is 0 Å². The molecule has 0 aliphatic rings. The van der Waals surface area contributed by atoms with E-state index in [1.807, 2.05) is 37.2 Å². The molecular weight excluding hydrogens is 422 g/mol. The summed E-state index contributed by atoms with van der Waals surface area (Å²) >= 11 is 1.38. The first-order valence-corrected chi connectivity index (χ1v) is 12.1. The highest BCUT2D eigenvalue weighted by atomic mass is 32.2. The quantitative estimate of drug-likeness (QED) is 0.527. The Morgan fingerprint density at radius 2 is 1.83 bits per heavy atom. The van der Waals surface area contributed by atoms with Crippen LogP contribution in [0.2, 0.25) is 0 Å². The topological polar surface area (TPSA) is 79.8 Å². The fourth-order valence-corrected chi connectivity index (χ4v) is 5.02. The zero-order valence-electron chi connectivity index (χ0n) is 17.5. The van der Waals surface area contributed by atoms with Crippen LogP contribution in [0.1, 0.15) is 16.8 Å². The van der Waals surface area contributed by atoms with E-state index in [-0.39, 0.29) is 16.4 Å². The number of fused-ring (bicyclic) bond motifs is 1. The van der Waals surface area contributed by atoms with Gasteiger partial charge in [0.1, 0.15) is 11.3 Å². The van der Waals surface area contributed by atoms with Gasteiger partial charge in [-0.1, -0.05) is 29.5 Å². The number of sulfone groups is 1. The monoisotopic (exact) mass is 447 g/mol. The predicted octanol–water partition coefficient (Wildman–Crippen LogP) is 3.31. The number of hydrogen-bond donors (Lipinski definition) is 0. The maximum absolute atomic E-state index is 13.5. The van der Waals surface area contributed by atoms with E-state index in [9.17, 15) is 13.2 Å². The van der Waals surface area contributed by atoms with Crippen LogP contribution in [0.4, 0.5) is 5.13 Å². The molecule has 1 heterocycles. The minimum Gasteiger partial charge on any atom is -0.494 e. The van der Waals surface area contributed by atoms with Crippen molar-refractivity contribution < 1.29 is 17.9 Å². The van der Waals surface area contributed by atoms with Gasteiger partial charge in [-0.25, -0.2) is 13.4 Å². The Bertz CT molecular complexity index is 1160. The summed E-state index contributed by atoms with van der Waals surface area (Å²) in [5.74, 6) is 0.250. The molecule has 0 aliphatic carbocycles. The normalized spacial score (nSPS) is 11.8. The first-order chi connectivity index (χ1) is 14.2. The number of para-hydroxylation sites is 1. The molecule has 0 fully saturated rings. The molecule has 0 radical (unpaired) electrons. The van der Waals surface area contributed by atoms with Crippen molar-refractivity contribution in [2.24, 2.45) is 0 Å². The largest absolute Gasteiger partial charge is 0.494 e.